The summed E-state index contributed by atoms with van der Waals surface area (Å²) in [4.78, 5) is 13.5. The number of ether oxygens (including phenoxy) is 1. The zero-order valence-corrected chi connectivity index (χ0v) is 14.2. The number of fused-ring (bicyclic) bond motifs is 3. The molecule has 2 heterocycles. The minimum atomic E-state index is -0.754. The van der Waals surface area contributed by atoms with Crippen LogP contribution >= 0.6 is 22.9 Å². The minimum absolute atomic E-state index is 0.00816. The van der Waals surface area contributed by atoms with Crippen molar-refractivity contribution in [1.29, 1.82) is 0 Å². The summed E-state index contributed by atoms with van der Waals surface area (Å²) in [5.74, 6) is -1.78. The van der Waals surface area contributed by atoms with E-state index in [-0.39, 0.29) is 18.3 Å². The first-order valence-electron chi connectivity index (χ1n) is 7.34. The molecule has 0 bridgehead atoms. The highest BCUT2D eigenvalue weighted by atomic mass is 35.5. The van der Waals surface area contributed by atoms with Crippen molar-refractivity contribution in [3.63, 3.8) is 0 Å². The predicted octanol–water partition coefficient (Wildman–Crippen LogP) is 5.49. The van der Waals surface area contributed by atoms with Gasteiger partial charge in [0, 0.05) is 22.1 Å². The number of para-hydroxylation sites is 1. The molecule has 0 radical (unpaired) electrons. The summed E-state index contributed by atoms with van der Waals surface area (Å²) in [6, 6.07) is 10.5. The third-order valence-electron chi connectivity index (χ3n) is 3.78. The Kier molecular flexibility index (Phi) is 3.94. The van der Waals surface area contributed by atoms with E-state index in [9.17, 15) is 13.6 Å². The zero-order chi connectivity index (χ0) is 17.6. The van der Waals surface area contributed by atoms with E-state index in [1.807, 2.05) is 0 Å². The van der Waals surface area contributed by atoms with Crippen molar-refractivity contribution in [2.24, 2.45) is 0 Å². The number of halogens is 3. The fraction of sp³-hybridized carbons (Fsp3) is 0.0556. The summed E-state index contributed by atoms with van der Waals surface area (Å²) < 4.78 is 32.8. The van der Waals surface area contributed by atoms with Gasteiger partial charge < -0.3 is 10.1 Å². The van der Waals surface area contributed by atoms with Gasteiger partial charge in [-0.25, -0.2) is 8.78 Å². The molecule has 0 saturated carbocycles. The van der Waals surface area contributed by atoms with Gasteiger partial charge in [-0.2, -0.15) is 0 Å². The maximum atomic E-state index is 13.9. The highest BCUT2D eigenvalue weighted by Gasteiger charge is 2.26. The molecule has 25 heavy (non-hydrogen) atoms. The number of hydrogen-bond donors (Lipinski definition) is 1. The molecule has 1 aliphatic rings. The monoisotopic (exact) mass is 377 g/mol. The average Bonchev–Trinajstić information content (AvgIpc) is 3.01. The van der Waals surface area contributed by atoms with Gasteiger partial charge in [0.05, 0.1) is 15.6 Å². The van der Waals surface area contributed by atoms with Crippen LogP contribution in [-0.2, 0) is 6.61 Å². The highest BCUT2D eigenvalue weighted by molar-refractivity contribution is 7.17. The SMILES string of the molecule is O=C(Nc1ccccc1Cl)c1cc2c(s1)-c1cc(F)cc(F)c1OC2. The Balaban J connectivity index is 1.70. The van der Waals surface area contributed by atoms with Crippen LogP contribution in [0.2, 0.25) is 5.02 Å². The van der Waals surface area contributed by atoms with E-state index in [4.69, 9.17) is 16.3 Å². The van der Waals surface area contributed by atoms with Crippen molar-refractivity contribution in [3.05, 3.63) is 69.6 Å². The number of thiophene rings is 1. The van der Waals surface area contributed by atoms with E-state index in [0.717, 1.165) is 17.4 Å². The Hall–Kier alpha value is -2.44. The minimum Gasteiger partial charge on any atom is -0.485 e. The zero-order valence-electron chi connectivity index (χ0n) is 12.6. The molecule has 2 aromatic carbocycles. The van der Waals surface area contributed by atoms with Crippen LogP contribution in [0.5, 0.6) is 5.75 Å². The summed E-state index contributed by atoms with van der Waals surface area (Å²) in [7, 11) is 0. The number of anilines is 1. The van der Waals surface area contributed by atoms with E-state index >= 15 is 0 Å². The van der Waals surface area contributed by atoms with Crippen LogP contribution < -0.4 is 10.1 Å². The van der Waals surface area contributed by atoms with Gasteiger partial charge in [0.25, 0.3) is 5.91 Å². The highest BCUT2D eigenvalue weighted by Crippen LogP contribution is 2.44. The quantitative estimate of drug-likeness (QED) is 0.641. The Bertz CT molecular complexity index is 1000. The van der Waals surface area contributed by atoms with Crippen molar-refractivity contribution in [2.75, 3.05) is 5.32 Å². The standard InChI is InChI=1S/C18H10ClF2NO2S/c19-12-3-1-2-4-14(12)22-18(23)15-5-9-8-24-16-11(17(9)25-15)6-10(20)7-13(16)21/h1-7H,8H2,(H,22,23). The van der Waals surface area contributed by atoms with Crippen LogP contribution in [-0.4, -0.2) is 5.91 Å². The lowest BCUT2D eigenvalue weighted by Crippen LogP contribution is -2.10. The predicted molar refractivity (Wildman–Crippen MR) is 93.4 cm³/mol. The van der Waals surface area contributed by atoms with E-state index in [2.05, 4.69) is 5.32 Å². The third kappa shape index (κ3) is 2.88. The van der Waals surface area contributed by atoms with E-state index in [1.54, 1.807) is 30.3 Å². The van der Waals surface area contributed by atoms with Gasteiger partial charge in [0.2, 0.25) is 0 Å². The molecule has 0 fully saturated rings. The van der Waals surface area contributed by atoms with Gasteiger partial charge in [-0.3, -0.25) is 4.79 Å². The lowest BCUT2D eigenvalue weighted by molar-refractivity contribution is 0.103. The first-order chi connectivity index (χ1) is 12.0. The molecule has 1 N–H and O–H groups in total. The number of carbonyl (C=O) groups is 1. The normalized spacial score (nSPS) is 12.1. The molecule has 0 saturated heterocycles. The molecule has 3 aromatic rings. The van der Waals surface area contributed by atoms with Gasteiger partial charge in [-0.1, -0.05) is 23.7 Å². The van der Waals surface area contributed by atoms with Crippen LogP contribution in [0, 0.1) is 11.6 Å². The van der Waals surface area contributed by atoms with Gasteiger partial charge in [0.15, 0.2) is 11.6 Å². The molecule has 1 aromatic heterocycles. The number of benzene rings is 2. The van der Waals surface area contributed by atoms with E-state index < -0.39 is 11.6 Å². The Morgan fingerprint density at radius 3 is 2.80 bits per heavy atom. The van der Waals surface area contributed by atoms with Crippen molar-refractivity contribution in [2.45, 2.75) is 6.61 Å². The Morgan fingerprint density at radius 1 is 1.20 bits per heavy atom. The lowest BCUT2D eigenvalue weighted by atomic mass is 10.1. The second kappa shape index (κ2) is 6.13. The smallest absolute Gasteiger partial charge is 0.265 e. The van der Waals surface area contributed by atoms with Gasteiger partial charge in [-0.15, -0.1) is 11.3 Å². The van der Waals surface area contributed by atoms with Gasteiger partial charge >= 0.3 is 0 Å². The fourth-order valence-electron chi connectivity index (χ4n) is 2.65. The molecule has 3 nitrogen and oxygen atoms in total. The number of hydrogen-bond acceptors (Lipinski definition) is 3. The first kappa shape index (κ1) is 16.1. The summed E-state index contributed by atoms with van der Waals surface area (Å²) in [6.07, 6.45) is 0. The topological polar surface area (TPSA) is 38.3 Å². The van der Waals surface area contributed by atoms with E-state index in [0.29, 0.717) is 31.6 Å². The molecule has 1 amide bonds. The molecule has 0 atom stereocenters. The van der Waals surface area contributed by atoms with Crippen LogP contribution in [0.3, 0.4) is 0 Å². The second-order valence-corrected chi connectivity index (χ2v) is 6.91. The molecule has 4 rings (SSSR count). The number of rotatable bonds is 2. The fourth-order valence-corrected chi connectivity index (χ4v) is 3.91. The van der Waals surface area contributed by atoms with Crippen LogP contribution in [0.25, 0.3) is 10.4 Å². The Morgan fingerprint density at radius 2 is 2.00 bits per heavy atom. The van der Waals surface area contributed by atoms with Crippen LogP contribution in [0.15, 0.2) is 42.5 Å². The van der Waals surface area contributed by atoms with Gasteiger partial charge in [-0.05, 0) is 24.3 Å². The van der Waals surface area contributed by atoms with E-state index in [1.165, 1.54) is 6.07 Å². The summed E-state index contributed by atoms with van der Waals surface area (Å²) in [6.45, 7) is 0.126. The Labute approximate surface area is 150 Å². The number of nitrogens with one attached hydrogen (secondary N) is 1. The maximum Gasteiger partial charge on any atom is 0.265 e. The lowest BCUT2D eigenvalue weighted by Gasteiger charge is -2.17. The molecule has 0 unspecified atom stereocenters. The number of carbonyl (C=O) groups excluding carboxylic acids is 1. The second-order valence-electron chi connectivity index (χ2n) is 5.45. The molecule has 126 valence electrons. The van der Waals surface area contributed by atoms with Gasteiger partial charge in [0.1, 0.15) is 12.4 Å². The summed E-state index contributed by atoms with van der Waals surface area (Å²) in [5.41, 5.74) is 1.53. The van der Waals surface area contributed by atoms with Crippen LogP contribution in [0.1, 0.15) is 15.2 Å². The molecular weight excluding hydrogens is 368 g/mol. The van der Waals surface area contributed by atoms with Crippen molar-refractivity contribution in [1.82, 2.24) is 0 Å². The molecule has 0 spiro atoms. The number of amides is 1. The van der Waals surface area contributed by atoms with Crippen LogP contribution in [0.4, 0.5) is 14.5 Å². The first-order valence-corrected chi connectivity index (χ1v) is 8.53. The summed E-state index contributed by atoms with van der Waals surface area (Å²) >= 11 is 7.20. The molecule has 0 aliphatic carbocycles. The summed E-state index contributed by atoms with van der Waals surface area (Å²) in [5, 5.41) is 3.16. The average molecular weight is 378 g/mol. The van der Waals surface area contributed by atoms with Crippen molar-refractivity contribution < 1.29 is 18.3 Å². The largest absolute Gasteiger partial charge is 0.485 e. The third-order valence-corrected chi connectivity index (χ3v) is 5.32. The van der Waals surface area contributed by atoms with Crippen molar-refractivity contribution >= 4 is 34.5 Å². The molecule has 7 heteroatoms. The molecule has 1 aliphatic heterocycles. The molecular formula is C18H10ClF2NO2S. The maximum absolute atomic E-state index is 13.9. The van der Waals surface area contributed by atoms with Crippen molar-refractivity contribution in [3.8, 4) is 16.2 Å².